The van der Waals surface area contributed by atoms with Gasteiger partial charge in [-0.05, 0) is 42.0 Å². The molecule has 0 fully saturated rings. The lowest BCUT2D eigenvalue weighted by Crippen LogP contribution is -1.98. The lowest BCUT2D eigenvalue weighted by atomic mass is 10.1. The summed E-state index contributed by atoms with van der Waals surface area (Å²) in [7, 11) is 0. The Balaban J connectivity index is 1.54. The number of rotatable bonds is 4. The molecule has 1 aliphatic heterocycles. The lowest BCUT2D eigenvalue weighted by Gasteiger charge is -2.09. The van der Waals surface area contributed by atoms with E-state index in [-0.39, 0.29) is 18.1 Å². The Labute approximate surface area is 187 Å². The van der Waals surface area contributed by atoms with E-state index in [2.05, 4.69) is 0 Å². The van der Waals surface area contributed by atoms with Gasteiger partial charge in [-0.25, -0.2) is 0 Å². The van der Waals surface area contributed by atoms with E-state index in [9.17, 15) is 4.79 Å². The van der Waals surface area contributed by atoms with E-state index in [1.54, 1.807) is 60.7 Å². The van der Waals surface area contributed by atoms with E-state index in [0.717, 1.165) is 5.56 Å². The topological polar surface area (TPSA) is 35.5 Å². The van der Waals surface area contributed by atoms with Crippen molar-refractivity contribution in [1.29, 1.82) is 0 Å². The Hall–Kier alpha value is -2.17. The number of fused-ring (bicyclic) bond motifs is 1. The summed E-state index contributed by atoms with van der Waals surface area (Å²) in [5.41, 5.74) is 1.85. The Kier molecular flexibility index (Phi) is 5.75. The summed E-state index contributed by atoms with van der Waals surface area (Å²) in [6.45, 7) is 0.254. The number of allylic oxidation sites excluding steroid dienone is 1. The molecule has 0 radical (unpaired) electrons. The number of hydrogen-bond acceptors (Lipinski definition) is 3. The summed E-state index contributed by atoms with van der Waals surface area (Å²) in [4.78, 5) is 12.6. The third-order valence-electron chi connectivity index (χ3n) is 4.32. The van der Waals surface area contributed by atoms with Crippen LogP contribution in [0.1, 0.15) is 21.5 Å². The summed E-state index contributed by atoms with van der Waals surface area (Å²) >= 11 is 24.3. The van der Waals surface area contributed by atoms with Gasteiger partial charge in [0, 0.05) is 21.7 Å². The smallest absolute Gasteiger partial charge is 0.231 e. The number of Topliss-reactive ketones (excluding diaryl/α,β-unsaturated/α-hetero) is 1. The van der Waals surface area contributed by atoms with Crippen molar-refractivity contribution in [2.75, 3.05) is 0 Å². The van der Waals surface area contributed by atoms with E-state index in [1.807, 2.05) is 0 Å². The van der Waals surface area contributed by atoms with E-state index < -0.39 is 0 Å². The molecule has 0 N–H and O–H groups in total. The fourth-order valence-corrected chi connectivity index (χ4v) is 3.66. The van der Waals surface area contributed by atoms with E-state index in [4.69, 9.17) is 55.9 Å². The van der Waals surface area contributed by atoms with Crippen molar-refractivity contribution in [2.24, 2.45) is 0 Å². The molecule has 4 rings (SSSR count). The lowest BCUT2D eigenvalue weighted by molar-refractivity contribution is 0.101. The van der Waals surface area contributed by atoms with Crippen molar-refractivity contribution in [3.63, 3.8) is 0 Å². The SMILES string of the molecule is O=C1C(=Cc2cccc(Cl)c2Cl)Oc2cc(OCc3ccc(Cl)cc3Cl)ccc21. The predicted molar refractivity (Wildman–Crippen MR) is 117 cm³/mol. The third kappa shape index (κ3) is 4.24. The van der Waals surface area contributed by atoms with Crippen LogP contribution in [0.4, 0.5) is 0 Å². The van der Waals surface area contributed by atoms with Gasteiger partial charge in [0.2, 0.25) is 5.78 Å². The van der Waals surface area contributed by atoms with E-state index in [1.165, 1.54) is 0 Å². The summed E-state index contributed by atoms with van der Waals surface area (Å²) in [5.74, 6) is 0.897. The van der Waals surface area contributed by atoms with Crippen molar-refractivity contribution in [3.05, 3.63) is 97.1 Å². The Morgan fingerprint density at radius 2 is 1.76 bits per heavy atom. The molecule has 0 bridgehead atoms. The quantitative estimate of drug-likeness (QED) is 0.374. The van der Waals surface area contributed by atoms with E-state index in [0.29, 0.717) is 42.7 Å². The average Bonchev–Trinajstić information content (AvgIpc) is 3.00. The zero-order chi connectivity index (χ0) is 20.5. The normalized spacial score (nSPS) is 14.1. The highest BCUT2D eigenvalue weighted by molar-refractivity contribution is 6.43. The van der Waals surface area contributed by atoms with Crippen molar-refractivity contribution >= 4 is 58.3 Å². The number of benzene rings is 3. The molecule has 7 heteroatoms. The molecule has 0 unspecified atom stereocenters. The summed E-state index contributed by atoms with van der Waals surface area (Å²) in [6, 6.07) is 15.4. The van der Waals surface area contributed by atoms with E-state index >= 15 is 0 Å². The molecule has 1 heterocycles. The van der Waals surface area contributed by atoms with Crippen molar-refractivity contribution < 1.29 is 14.3 Å². The van der Waals surface area contributed by atoms with Crippen LogP contribution < -0.4 is 9.47 Å². The van der Waals surface area contributed by atoms with Gasteiger partial charge in [0.15, 0.2) is 5.76 Å². The van der Waals surface area contributed by atoms with Gasteiger partial charge in [0.1, 0.15) is 18.1 Å². The second-order valence-electron chi connectivity index (χ2n) is 6.27. The number of carbonyl (C=O) groups is 1. The second-order valence-corrected chi connectivity index (χ2v) is 7.89. The van der Waals surface area contributed by atoms with Crippen LogP contribution in [0, 0.1) is 0 Å². The molecule has 0 amide bonds. The number of carbonyl (C=O) groups excluding carboxylic acids is 1. The molecule has 0 atom stereocenters. The monoisotopic (exact) mass is 464 g/mol. The van der Waals surface area contributed by atoms with Crippen LogP contribution in [0.25, 0.3) is 6.08 Å². The average molecular weight is 466 g/mol. The molecule has 0 spiro atoms. The Bertz CT molecular complexity index is 1150. The first-order valence-corrected chi connectivity index (χ1v) is 10.0. The number of hydrogen-bond donors (Lipinski definition) is 0. The van der Waals surface area contributed by atoms with Gasteiger partial charge in [-0.3, -0.25) is 4.79 Å². The van der Waals surface area contributed by atoms with Crippen LogP contribution in [0.3, 0.4) is 0 Å². The zero-order valence-electron chi connectivity index (χ0n) is 14.7. The summed E-state index contributed by atoms with van der Waals surface area (Å²) < 4.78 is 11.5. The maximum absolute atomic E-state index is 12.6. The minimum Gasteiger partial charge on any atom is -0.489 e. The first-order valence-electron chi connectivity index (χ1n) is 8.51. The number of ketones is 1. The molecule has 29 heavy (non-hydrogen) atoms. The maximum atomic E-state index is 12.6. The summed E-state index contributed by atoms with van der Waals surface area (Å²) in [6.07, 6.45) is 1.57. The molecule has 0 aromatic heterocycles. The molecule has 3 nitrogen and oxygen atoms in total. The van der Waals surface area contributed by atoms with Gasteiger partial charge in [-0.2, -0.15) is 0 Å². The van der Waals surface area contributed by atoms with Crippen LogP contribution >= 0.6 is 46.4 Å². The standard InChI is InChI=1S/C22H12Cl4O3/c23-14-5-4-13(18(25)9-14)11-28-15-6-7-16-19(10-15)29-20(22(16)27)8-12-2-1-3-17(24)21(12)26/h1-10H,11H2. The third-order valence-corrected chi connectivity index (χ3v) is 5.74. The first-order chi connectivity index (χ1) is 13.9. The Morgan fingerprint density at radius 3 is 2.55 bits per heavy atom. The summed E-state index contributed by atoms with van der Waals surface area (Å²) in [5, 5.41) is 1.84. The van der Waals surface area contributed by atoms with Crippen molar-refractivity contribution in [3.8, 4) is 11.5 Å². The maximum Gasteiger partial charge on any atom is 0.231 e. The highest BCUT2D eigenvalue weighted by atomic mass is 35.5. The molecule has 0 saturated carbocycles. The molecule has 3 aromatic carbocycles. The molecular weight excluding hydrogens is 454 g/mol. The zero-order valence-corrected chi connectivity index (χ0v) is 17.7. The molecule has 146 valence electrons. The fraction of sp³-hybridized carbons (Fsp3) is 0.0455. The molecule has 0 aliphatic carbocycles. The second kappa shape index (κ2) is 8.29. The van der Waals surface area contributed by atoms with Crippen LogP contribution in [-0.2, 0) is 6.61 Å². The molecule has 3 aromatic rings. The fourth-order valence-electron chi connectivity index (χ4n) is 2.83. The van der Waals surface area contributed by atoms with Crippen molar-refractivity contribution in [2.45, 2.75) is 6.61 Å². The van der Waals surface area contributed by atoms with Gasteiger partial charge in [-0.15, -0.1) is 0 Å². The first kappa shape index (κ1) is 20.1. The minimum atomic E-state index is -0.233. The predicted octanol–water partition coefficient (Wildman–Crippen LogP) is 7.50. The largest absolute Gasteiger partial charge is 0.489 e. The van der Waals surface area contributed by atoms with Crippen LogP contribution in [-0.4, -0.2) is 5.78 Å². The van der Waals surface area contributed by atoms with Gasteiger partial charge in [-0.1, -0.05) is 64.6 Å². The van der Waals surface area contributed by atoms with Crippen LogP contribution in [0.2, 0.25) is 20.1 Å². The van der Waals surface area contributed by atoms with Gasteiger partial charge in [0.25, 0.3) is 0 Å². The van der Waals surface area contributed by atoms with Gasteiger partial charge in [0.05, 0.1) is 15.6 Å². The Morgan fingerprint density at radius 1 is 0.931 bits per heavy atom. The minimum absolute atomic E-state index is 0.169. The van der Waals surface area contributed by atoms with Gasteiger partial charge < -0.3 is 9.47 Å². The highest BCUT2D eigenvalue weighted by Crippen LogP contribution is 2.36. The highest BCUT2D eigenvalue weighted by Gasteiger charge is 2.28. The number of halogens is 4. The molecular formula is C22H12Cl4O3. The van der Waals surface area contributed by atoms with Crippen molar-refractivity contribution in [1.82, 2.24) is 0 Å². The number of ether oxygens (including phenoxy) is 2. The van der Waals surface area contributed by atoms with Crippen LogP contribution in [0.5, 0.6) is 11.5 Å². The molecule has 1 aliphatic rings. The van der Waals surface area contributed by atoms with Gasteiger partial charge >= 0.3 is 0 Å². The molecule has 0 saturated heterocycles. The van der Waals surface area contributed by atoms with Crippen LogP contribution in [0.15, 0.2) is 60.4 Å².